The van der Waals surface area contributed by atoms with Gasteiger partial charge < -0.3 is 14.2 Å². The SMILES string of the molecule is O=C(c1ccc(-c2cc(F)c3ncc(Cc4ccc5ncccc5c4)n3c2)cc1F)N1CCC(N2CCCC2)CC1. The Morgan fingerprint density at radius 3 is 2.49 bits per heavy atom. The van der Waals surface area contributed by atoms with E-state index in [4.69, 9.17) is 0 Å². The van der Waals surface area contributed by atoms with Crippen LogP contribution in [0, 0.1) is 11.6 Å². The van der Waals surface area contributed by atoms with Crippen LogP contribution in [0.2, 0.25) is 0 Å². The van der Waals surface area contributed by atoms with Gasteiger partial charge >= 0.3 is 0 Å². The van der Waals surface area contributed by atoms with Gasteiger partial charge in [-0.25, -0.2) is 13.8 Å². The van der Waals surface area contributed by atoms with Crippen molar-refractivity contribution in [1.82, 2.24) is 24.2 Å². The molecule has 0 unspecified atom stereocenters. The second-order valence-corrected chi connectivity index (χ2v) is 11.2. The van der Waals surface area contributed by atoms with Crippen molar-refractivity contribution >= 4 is 22.5 Å². The van der Waals surface area contributed by atoms with Crippen molar-refractivity contribution in [2.75, 3.05) is 26.2 Å². The van der Waals surface area contributed by atoms with E-state index >= 15 is 8.78 Å². The molecule has 0 radical (unpaired) electrons. The first-order chi connectivity index (χ1) is 20.0. The standard InChI is InChI=1S/C33H31F2N5O/c34-29-18-23(6-7-28(29)33(41)39-14-9-26(10-15-39)38-12-1-2-13-38)25-19-30(35)32-37-20-27(40(32)21-25)17-22-5-8-31-24(16-22)4-3-11-36-31/h3-8,11,16,18-21,26H,1-2,9-10,12-15,17H2. The van der Waals surface area contributed by atoms with Gasteiger partial charge in [-0.3, -0.25) is 9.78 Å². The maximum Gasteiger partial charge on any atom is 0.256 e. The zero-order valence-electron chi connectivity index (χ0n) is 22.8. The number of aromatic nitrogens is 3. The average molecular weight is 552 g/mol. The summed E-state index contributed by atoms with van der Waals surface area (Å²) in [5, 5.41) is 1.03. The first kappa shape index (κ1) is 25.8. The minimum absolute atomic E-state index is 0.0593. The third kappa shape index (κ3) is 4.97. The first-order valence-corrected chi connectivity index (χ1v) is 14.4. The Labute approximate surface area is 237 Å². The second kappa shape index (κ2) is 10.7. The van der Waals surface area contributed by atoms with Crippen molar-refractivity contribution in [1.29, 1.82) is 0 Å². The molecule has 0 N–H and O–H groups in total. The van der Waals surface area contributed by atoms with Crippen LogP contribution in [0.25, 0.3) is 27.7 Å². The van der Waals surface area contributed by atoms with E-state index in [2.05, 4.69) is 20.9 Å². The molecule has 7 rings (SSSR count). The minimum Gasteiger partial charge on any atom is -0.338 e. The highest BCUT2D eigenvalue weighted by Gasteiger charge is 2.29. The molecule has 2 aliphatic rings. The number of hydrogen-bond donors (Lipinski definition) is 0. The molecule has 5 heterocycles. The fourth-order valence-corrected chi connectivity index (χ4v) is 6.41. The molecule has 1 amide bonds. The molecule has 208 valence electrons. The van der Waals surface area contributed by atoms with Gasteiger partial charge in [0.2, 0.25) is 0 Å². The average Bonchev–Trinajstić information content (AvgIpc) is 3.68. The molecule has 5 aromatic rings. The number of piperidine rings is 1. The van der Waals surface area contributed by atoms with Crippen molar-refractivity contribution in [2.45, 2.75) is 38.1 Å². The number of hydrogen-bond acceptors (Lipinski definition) is 4. The van der Waals surface area contributed by atoms with Crippen LogP contribution in [0.5, 0.6) is 0 Å². The molecule has 2 aromatic carbocycles. The summed E-state index contributed by atoms with van der Waals surface area (Å²) in [5.74, 6) is -1.36. The van der Waals surface area contributed by atoms with Gasteiger partial charge in [0.05, 0.1) is 11.1 Å². The summed E-state index contributed by atoms with van der Waals surface area (Å²) in [6.45, 7) is 3.56. The van der Waals surface area contributed by atoms with Crippen LogP contribution in [0.4, 0.5) is 8.78 Å². The van der Waals surface area contributed by atoms with Crippen LogP contribution in [0.15, 0.2) is 73.2 Å². The minimum atomic E-state index is -0.592. The Bertz CT molecular complexity index is 1750. The first-order valence-electron chi connectivity index (χ1n) is 14.4. The number of halogens is 2. The summed E-state index contributed by atoms with van der Waals surface area (Å²) in [4.78, 5) is 26.1. The lowest BCUT2D eigenvalue weighted by molar-refractivity contribution is 0.0640. The Morgan fingerprint density at radius 2 is 1.68 bits per heavy atom. The number of fused-ring (bicyclic) bond motifs is 2. The zero-order chi connectivity index (χ0) is 27.9. The number of carbonyl (C=O) groups is 1. The van der Waals surface area contributed by atoms with Gasteiger partial charge in [0.25, 0.3) is 5.91 Å². The number of pyridine rings is 2. The van der Waals surface area contributed by atoms with E-state index in [1.165, 1.54) is 31.0 Å². The van der Waals surface area contributed by atoms with E-state index in [9.17, 15) is 4.79 Å². The van der Waals surface area contributed by atoms with E-state index < -0.39 is 11.6 Å². The number of likely N-dealkylation sites (tertiary alicyclic amines) is 2. The van der Waals surface area contributed by atoms with Crippen LogP contribution >= 0.6 is 0 Å². The fraction of sp³-hybridized carbons (Fsp3) is 0.303. The molecule has 0 saturated carbocycles. The van der Waals surface area contributed by atoms with Crippen molar-refractivity contribution in [3.8, 4) is 11.1 Å². The van der Waals surface area contributed by atoms with Gasteiger partial charge in [-0.2, -0.15) is 0 Å². The summed E-state index contributed by atoms with van der Waals surface area (Å²) in [7, 11) is 0. The van der Waals surface area contributed by atoms with E-state index in [-0.39, 0.29) is 17.1 Å². The molecule has 0 bridgehead atoms. The molecule has 0 aliphatic carbocycles. The maximum atomic E-state index is 15.3. The van der Waals surface area contributed by atoms with Crippen LogP contribution in [0.3, 0.4) is 0 Å². The molecule has 8 heteroatoms. The third-order valence-electron chi connectivity index (χ3n) is 8.63. The summed E-state index contributed by atoms with van der Waals surface area (Å²) >= 11 is 0. The highest BCUT2D eigenvalue weighted by Crippen LogP contribution is 2.28. The van der Waals surface area contributed by atoms with Crippen molar-refractivity contribution < 1.29 is 13.6 Å². The van der Waals surface area contributed by atoms with Gasteiger partial charge in [0, 0.05) is 60.8 Å². The molecule has 2 saturated heterocycles. The van der Waals surface area contributed by atoms with Gasteiger partial charge in [-0.05, 0) is 86.3 Å². The Morgan fingerprint density at radius 1 is 0.878 bits per heavy atom. The van der Waals surface area contributed by atoms with Crippen LogP contribution in [-0.2, 0) is 6.42 Å². The molecular weight excluding hydrogens is 520 g/mol. The molecule has 0 spiro atoms. The number of rotatable bonds is 5. The second-order valence-electron chi connectivity index (χ2n) is 11.2. The lowest BCUT2D eigenvalue weighted by atomic mass is 10.0. The molecule has 6 nitrogen and oxygen atoms in total. The summed E-state index contributed by atoms with van der Waals surface area (Å²) in [6, 6.07) is 16.4. The van der Waals surface area contributed by atoms with Gasteiger partial charge in [0.15, 0.2) is 11.5 Å². The fourth-order valence-electron chi connectivity index (χ4n) is 6.41. The molecule has 2 fully saturated rings. The predicted octanol–water partition coefficient (Wildman–Crippen LogP) is 6.12. The number of amides is 1. The van der Waals surface area contributed by atoms with Crippen molar-refractivity contribution in [3.05, 3.63) is 102 Å². The van der Waals surface area contributed by atoms with Gasteiger partial charge in [0.1, 0.15) is 5.82 Å². The quantitative estimate of drug-likeness (QED) is 0.264. The molecule has 3 aromatic heterocycles. The lowest BCUT2D eigenvalue weighted by Gasteiger charge is -2.36. The summed E-state index contributed by atoms with van der Waals surface area (Å²) in [6.07, 6.45) is 10.1. The zero-order valence-corrected chi connectivity index (χ0v) is 22.8. The smallest absolute Gasteiger partial charge is 0.256 e. The third-order valence-corrected chi connectivity index (χ3v) is 8.63. The van der Waals surface area contributed by atoms with Crippen LogP contribution in [0.1, 0.15) is 47.3 Å². The largest absolute Gasteiger partial charge is 0.338 e. The Hall–Kier alpha value is -4.17. The highest BCUT2D eigenvalue weighted by molar-refractivity contribution is 5.95. The van der Waals surface area contributed by atoms with Crippen LogP contribution in [-0.4, -0.2) is 62.3 Å². The van der Waals surface area contributed by atoms with Crippen molar-refractivity contribution in [2.24, 2.45) is 0 Å². The number of nitrogens with zero attached hydrogens (tertiary/aromatic N) is 5. The molecule has 41 heavy (non-hydrogen) atoms. The van der Waals surface area contributed by atoms with Gasteiger partial charge in [-0.15, -0.1) is 0 Å². The summed E-state index contributed by atoms with van der Waals surface area (Å²) in [5.41, 5.74) is 4.08. The number of carbonyl (C=O) groups excluding carboxylic acids is 1. The van der Waals surface area contributed by atoms with Gasteiger partial charge in [-0.1, -0.05) is 18.2 Å². The molecular formula is C33H31F2N5O. The van der Waals surface area contributed by atoms with E-state index in [1.807, 2.05) is 24.3 Å². The Balaban J connectivity index is 1.12. The predicted molar refractivity (Wildman–Crippen MR) is 155 cm³/mol. The monoisotopic (exact) mass is 551 g/mol. The van der Waals surface area contributed by atoms with E-state index in [1.54, 1.807) is 34.0 Å². The van der Waals surface area contributed by atoms with Crippen LogP contribution < -0.4 is 0 Å². The molecule has 2 aliphatic heterocycles. The lowest BCUT2D eigenvalue weighted by Crippen LogP contribution is -2.46. The van der Waals surface area contributed by atoms with Crippen molar-refractivity contribution in [3.63, 3.8) is 0 Å². The molecule has 0 atom stereocenters. The highest BCUT2D eigenvalue weighted by atomic mass is 19.1. The topological polar surface area (TPSA) is 53.7 Å². The van der Waals surface area contributed by atoms with E-state index in [0.29, 0.717) is 36.7 Å². The summed E-state index contributed by atoms with van der Waals surface area (Å²) < 4.78 is 32.2. The van der Waals surface area contributed by atoms with E-state index in [0.717, 1.165) is 48.1 Å². The maximum absolute atomic E-state index is 15.3. The number of imidazole rings is 1. The number of benzene rings is 2. The Kier molecular flexibility index (Phi) is 6.71. The normalized spacial score (nSPS) is 16.7.